The van der Waals surface area contributed by atoms with Crippen molar-refractivity contribution in [2.75, 3.05) is 20.8 Å². The lowest BCUT2D eigenvalue weighted by Gasteiger charge is -2.21. The third kappa shape index (κ3) is 2.40. The van der Waals surface area contributed by atoms with Gasteiger partial charge in [-0.15, -0.1) is 0 Å². The molecule has 0 amide bonds. The number of hydrogen-bond donors (Lipinski definition) is 2. The Labute approximate surface area is 75.6 Å². The maximum Gasteiger partial charge on any atom is 0.349 e. The van der Waals surface area contributed by atoms with Gasteiger partial charge in [0.25, 0.3) is 5.60 Å². The Morgan fingerprint density at radius 2 is 1.69 bits per heavy atom. The van der Waals surface area contributed by atoms with E-state index in [1.807, 2.05) is 0 Å². The van der Waals surface area contributed by atoms with E-state index in [4.69, 9.17) is 5.73 Å². The summed E-state index contributed by atoms with van der Waals surface area (Å²) in [5.74, 6) is -2.13. The first-order chi connectivity index (χ1) is 6.02. The second-order valence-electron chi connectivity index (χ2n) is 2.38. The van der Waals surface area contributed by atoms with Crippen molar-refractivity contribution in [2.24, 2.45) is 5.73 Å². The van der Waals surface area contributed by atoms with Crippen LogP contribution < -0.4 is 5.73 Å². The highest BCUT2D eigenvalue weighted by Crippen LogP contribution is 2.13. The van der Waals surface area contributed by atoms with Crippen LogP contribution in [0.4, 0.5) is 0 Å². The summed E-state index contributed by atoms with van der Waals surface area (Å²) >= 11 is 0. The molecule has 0 aromatic carbocycles. The van der Waals surface area contributed by atoms with Gasteiger partial charge in [0.1, 0.15) is 0 Å². The molecule has 0 saturated heterocycles. The van der Waals surface area contributed by atoms with Crippen LogP contribution >= 0.6 is 0 Å². The van der Waals surface area contributed by atoms with E-state index in [0.717, 1.165) is 14.2 Å². The molecular weight excluding hydrogens is 178 g/mol. The summed E-state index contributed by atoms with van der Waals surface area (Å²) in [7, 11) is 2.12. The summed E-state index contributed by atoms with van der Waals surface area (Å²) in [6.45, 7) is -0.0271. The number of esters is 2. The maximum absolute atomic E-state index is 11.0. The molecule has 13 heavy (non-hydrogen) atoms. The molecule has 0 radical (unpaired) electrons. The molecule has 0 aromatic rings. The molecule has 76 valence electrons. The van der Waals surface area contributed by atoms with Gasteiger partial charge in [-0.3, -0.25) is 0 Å². The van der Waals surface area contributed by atoms with Gasteiger partial charge >= 0.3 is 11.9 Å². The fraction of sp³-hybridized carbons (Fsp3) is 0.714. The predicted molar refractivity (Wildman–Crippen MR) is 42.7 cm³/mol. The zero-order valence-electron chi connectivity index (χ0n) is 7.57. The molecule has 0 unspecified atom stereocenters. The van der Waals surface area contributed by atoms with Crippen LogP contribution in [0.2, 0.25) is 0 Å². The van der Waals surface area contributed by atoms with E-state index in [1.165, 1.54) is 0 Å². The Hall–Kier alpha value is -1.14. The molecule has 0 heterocycles. The first-order valence-electron chi connectivity index (χ1n) is 3.62. The second-order valence-corrected chi connectivity index (χ2v) is 2.38. The Morgan fingerprint density at radius 1 is 1.31 bits per heavy atom. The van der Waals surface area contributed by atoms with Crippen LogP contribution in [0.3, 0.4) is 0 Å². The molecule has 0 spiro atoms. The SMILES string of the molecule is COC(=O)C(O)(CCN)C(=O)OC. The molecule has 6 heteroatoms. The highest BCUT2D eigenvalue weighted by Gasteiger charge is 2.45. The molecule has 0 aliphatic carbocycles. The van der Waals surface area contributed by atoms with Gasteiger partial charge in [0, 0.05) is 6.42 Å². The number of aliphatic hydroxyl groups is 1. The van der Waals surface area contributed by atoms with Gasteiger partial charge < -0.3 is 20.3 Å². The van der Waals surface area contributed by atoms with Crippen molar-refractivity contribution in [3.63, 3.8) is 0 Å². The van der Waals surface area contributed by atoms with Gasteiger partial charge in [0.05, 0.1) is 14.2 Å². The average Bonchev–Trinajstić information content (AvgIpc) is 2.15. The summed E-state index contributed by atoms with van der Waals surface area (Å²) in [4.78, 5) is 22.0. The van der Waals surface area contributed by atoms with E-state index in [2.05, 4.69) is 9.47 Å². The van der Waals surface area contributed by atoms with E-state index in [-0.39, 0.29) is 13.0 Å². The van der Waals surface area contributed by atoms with Gasteiger partial charge in [-0.05, 0) is 6.54 Å². The average molecular weight is 191 g/mol. The fourth-order valence-electron chi connectivity index (χ4n) is 0.834. The van der Waals surface area contributed by atoms with Crippen LogP contribution in [0.15, 0.2) is 0 Å². The number of hydrogen-bond acceptors (Lipinski definition) is 6. The number of rotatable bonds is 4. The standard InChI is InChI=1S/C7H13NO5/c1-12-5(9)7(11,3-4-8)6(10)13-2/h11H,3-4,8H2,1-2H3. The van der Waals surface area contributed by atoms with Gasteiger partial charge in [0.15, 0.2) is 0 Å². The summed E-state index contributed by atoms with van der Waals surface area (Å²) in [6.07, 6.45) is -0.230. The zero-order valence-corrected chi connectivity index (χ0v) is 7.57. The van der Waals surface area contributed by atoms with Crippen LogP contribution in [0.25, 0.3) is 0 Å². The Balaban J connectivity index is 4.71. The maximum atomic E-state index is 11.0. The monoisotopic (exact) mass is 191 g/mol. The predicted octanol–water partition coefficient (Wildman–Crippen LogP) is -1.59. The van der Waals surface area contributed by atoms with E-state index in [9.17, 15) is 14.7 Å². The highest BCUT2D eigenvalue weighted by molar-refractivity contribution is 6.03. The normalized spacial score (nSPS) is 10.8. The summed E-state index contributed by atoms with van der Waals surface area (Å²) < 4.78 is 8.49. The first kappa shape index (κ1) is 11.9. The van der Waals surface area contributed by atoms with E-state index >= 15 is 0 Å². The molecule has 0 aliphatic rings. The molecule has 6 nitrogen and oxygen atoms in total. The van der Waals surface area contributed by atoms with Gasteiger partial charge in [-0.1, -0.05) is 0 Å². The molecule has 0 saturated carbocycles. The molecule has 0 aliphatic heterocycles. The fourth-order valence-corrected chi connectivity index (χ4v) is 0.834. The smallest absolute Gasteiger partial charge is 0.349 e. The van der Waals surface area contributed by atoms with Gasteiger partial charge in [-0.25, -0.2) is 9.59 Å². The number of carbonyl (C=O) groups is 2. The molecule has 0 bridgehead atoms. The van der Waals surface area contributed by atoms with Crippen LogP contribution in [0, 0.1) is 0 Å². The lowest BCUT2D eigenvalue weighted by Crippen LogP contribution is -2.49. The van der Waals surface area contributed by atoms with Crippen molar-refractivity contribution in [1.82, 2.24) is 0 Å². The lowest BCUT2D eigenvalue weighted by molar-refractivity contribution is -0.180. The van der Waals surface area contributed by atoms with E-state index < -0.39 is 17.5 Å². The third-order valence-corrected chi connectivity index (χ3v) is 1.55. The zero-order chi connectivity index (χ0) is 10.5. The van der Waals surface area contributed by atoms with Crippen LogP contribution in [0.1, 0.15) is 6.42 Å². The summed E-state index contributed by atoms with van der Waals surface area (Å²) in [5, 5.41) is 9.52. The molecular formula is C7H13NO5. The number of nitrogens with two attached hydrogens (primary N) is 1. The minimum absolute atomic E-state index is 0.0271. The quantitative estimate of drug-likeness (QED) is 0.410. The molecule has 0 aromatic heterocycles. The summed E-state index contributed by atoms with van der Waals surface area (Å²) in [6, 6.07) is 0. The van der Waals surface area contributed by atoms with Gasteiger partial charge in [0.2, 0.25) is 0 Å². The van der Waals surface area contributed by atoms with Crippen molar-refractivity contribution < 1.29 is 24.2 Å². The Morgan fingerprint density at radius 3 is 1.92 bits per heavy atom. The van der Waals surface area contributed by atoms with Crippen LogP contribution in [0.5, 0.6) is 0 Å². The van der Waals surface area contributed by atoms with Gasteiger partial charge in [-0.2, -0.15) is 0 Å². The van der Waals surface area contributed by atoms with Crippen LogP contribution in [-0.2, 0) is 19.1 Å². The van der Waals surface area contributed by atoms with Crippen molar-refractivity contribution in [2.45, 2.75) is 12.0 Å². The van der Waals surface area contributed by atoms with E-state index in [1.54, 1.807) is 0 Å². The van der Waals surface area contributed by atoms with Crippen molar-refractivity contribution in [3.8, 4) is 0 Å². The second kappa shape index (κ2) is 4.78. The van der Waals surface area contributed by atoms with Crippen LogP contribution in [-0.4, -0.2) is 43.4 Å². The first-order valence-corrected chi connectivity index (χ1v) is 3.62. The lowest BCUT2D eigenvalue weighted by atomic mass is 10.0. The minimum atomic E-state index is -2.28. The topological polar surface area (TPSA) is 98.9 Å². The van der Waals surface area contributed by atoms with Crippen molar-refractivity contribution in [3.05, 3.63) is 0 Å². The highest BCUT2D eigenvalue weighted by atomic mass is 16.6. The van der Waals surface area contributed by atoms with E-state index in [0.29, 0.717) is 0 Å². The molecule has 0 fully saturated rings. The van der Waals surface area contributed by atoms with Crippen molar-refractivity contribution in [1.29, 1.82) is 0 Å². The van der Waals surface area contributed by atoms with Crippen molar-refractivity contribution >= 4 is 11.9 Å². The molecule has 0 atom stereocenters. The number of methoxy groups -OCH3 is 2. The Kier molecular flexibility index (Phi) is 4.36. The number of ether oxygens (including phenoxy) is 2. The molecule has 3 N–H and O–H groups in total. The minimum Gasteiger partial charge on any atom is -0.466 e. The largest absolute Gasteiger partial charge is 0.466 e. The third-order valence-electron chi connectivity index (χ3n) is 1.55. The molecule has 0 rings (SSSR count). The number of carbonyl (C=O) groups excluding carboxylic acids is 2. The Bertz CT molecular complexity index is 187. The summed E-state index contributed by atoms with van der Waals surface area (Å²) in [5.41, 5.74) is 2.84.